The lowest BCUT2D eigenvalue weighted by Gasteiger charge is -2.35. The topological polar surface area (TPSA) is 114 Å². The smallest absolute Gasteiger partial charge is 0.259 e. The van der Waals surface area contributed by atoms with Gasteiger partial charge in [0.1, 0.15) is 5.75 Å². The number of methoxy groups -OCH3 is 1. The number of carbonyl (C=O) groups is 3. The molecule has 1 fully saturated rings. The zero-order valence-corrected chi connectivity index (χ0v) is 18.0. The van der Waals surface area contributed by atoms with E-state index in [4.69, 9.17) is 4.74 Å². The number of carbonyl (C=O) groups excluding carboxylic acids is 3. The minimum absolute atomic E-state index is 0.0514. The Hall–Kier alpha value is -3.49. The van der Waals surface area contributed by atoms with Crippen molar-refractivity contribution >= 4 is 23.4 Å². The first-order chi connectivity index (χ1) is 14.9. The van der Waals surface area contributed by atoms with E-state index < -0.39 is 0 Å². The number of anilines is 1. The Bertz CT molecular complexity index is 978. The summed E-state index contributed by atoms with van der Waals surface area (Å²) in [6.45, 7) is 3.66. The molecular formula is C22H27N5O4. The van der Waals surface area contributed by atoms with Gasteiger partial charge in [-0.1, -0.05) is 12.1 Å². The van der Waals surface area contributed by atoms with E-state index in [0.29, 0.717) is 35.1 Å². The average molecular weight is 425 g/mol. The van der Waals surface area contributed by atoms with E-state index in [1.54, 1.807) is 30.0 Å². The number of hydrogen-bond acceptors (Lipinski definition) is 6. The molecule has 1 aromatic heterocycles. The quantitative estimate of drug-likeness (QED) is 0.734. The van der Waals surface area contributed by atoms with Gasteiger partial charge in [-0.2, -0.15) is 0 Å². The number of benzene rings is 1. The van der Waals surface area contributed by atoms with Crippen LogP contribution in [-0.4, -0.2) is 52.8 Å². The molecule has 1 aliphatic heterocycles. The number of nitrogens with one attached hydrogen (secondary N) is 2. The van der Waals surface area contributed by atoms with Gasteiger partial charge in [-0.25, -0.2) is 9.97 Å². The standard InChI is InChI=1S/C22H27N5O4/c1-14-16(22(30)26-17-8-4-5-10-19(17)31-3)12-24-21(25-14)18-9-6-7-11-27(18)20(29)13-23-15(2)28/h4-5,8,10,12,18H,6-7,9,11,13H2,1-3H3,(H,23,28)(H,26,30)/t18-/m1/s1. The van der Waals surface area contributed by atoms with Crippen molar-refractivity contribution in [3.05, 3.63) is 47.5 Å². The van der Waals surface area contributed by atoms with Crippen molar-refractivity contribution in [2.45, 2.75) is 39.2 Å². The van der Waals surface area contributed by atoms with Crippen LogP contribution < -0.4 is 15.4 Å². The minimum Gasteiger partial charge on any atom is -0.495 e. The van der Waals surface area contributed by atoms with Gasteiger partial charge in [0.15, 0.2) is 5.82 Å². The number of aryl methyl sites for hydroxylation is 1. The summed E-state index contributed by atoms with van der Waals surface area (Å²) in [7, 11) is 1.54. The van der Waals surface area contributed by atoms with Gasteiger partial charge in [-0.05, 0) is 38.3 Å². The third-order valence-corrected chi connectivity index (χ3v) is 5.21. The summed E-state index contributed by atoms with van der Waals surface area (Å²) in [5.74, 6) is 0.304. The van der Waals surface area contributed by atoms with Crippen molar-refractivity contribution in [2.24, 2.45) is 0 Å². The first-order valence-electron chi connectivity index (χ1n) is 10.2. The van der Waals surface area contributed by atoms with Crippen molar-refractivity contribution in [2.75, 3.05) is 25.5 Å². The molecule has 0 unspecified atom stereocenters. The van der Waals surface area contributed by atoms with E-state index in [0.717, 1.165) is 19.3 Å². The molecule has 2 aromatic rings. The second-order valence-corrected chi connectivity index (χ2v) is 7.39. The summed E-state index contributed by atoms with van der Waals surface area (Å²) in [5.41, 5.74) is 1.43. The molecule has 0 bridgehead atoms. The molecule has 2 heterocycles. The Morgan fingerprint density at radius 2 is 2.00 bits per heavy atom. The number of rotatable bonds is 6. The van der Waals surface area contributed by atoms with Crippen molar-refractivity contribution < 1.29 is 19.1 Å². The summed E-state index contributed by atoms with van der Waals surface area (Å²) in [5, 5.41) is 5.37. The van der Waals surface area contributed by atoms with E-state index in [1.165, 1.54) is 20.2 Å². The van der Waals surface area contributed by atoms with Gasteiger partial charge in [0.2, 0.25) is 11.8 Å². The lowest BCUT2D eigenvalue weighted by atomic mass is 10.0. The molecule has 0 aliphatic carbocycles. The Kier molecular flexibility index (Phi) is 7.17. The van der Waals surface area contributed by atoms with Crippen molar-refractivity contribution in [3.63, 3.8) is 0 Å². The number of likely N-dealkylation sites (tertiary alicyclic amines) is 1. The number of amides is 3. The highest BCUT2D eigenvalue weighted by atomic mass is 16.5. The van der Waals surface area contributed by atoms with Crippen LogP contribution in [0, 0.1) is 6.92 Å². The first kappa shape index (κ1) is 22.2. The maximum absolute atomic E-state index is 12.8. The van der Waals surface area contributed by atoms with Gasteiger partial charge in [-0.3, -0.25) is 14.4 Å². The fourth-order valence-electron chi connectivity index (χ4n) is 3.61. The van der Waals surface area contributed by atoms with E-state index in [2.05, 4.69) is 20.6 Å². The number of aromatic nitrogens is 2. The highest BCUT2D eigenvalue weighted by Gasteiger charge is 2.30. The zero-order valence-electron chi connectivity index (χ0n) is 18.0. The van der Waals surface area contributed by atoms with E-state index >= 15 is 0 Å². The highest BCUT2D eigenvalue weighted by Crippen LogP contribution is 2.29. The molecular weight excluding hydrogens is 398 g/mol. The summed E-state index contributed by atoms with van der Waals surface area (Å²) in [4.78, 5) is 47.2. The molecule has 3 amide bonds. The molecule has 0 spiro atoms. The molecule has 3 rings (SSSR count). The average Bonchev–Trinajstić information content (AvgIpc) is 2.77. The summed E-state index contributed by atoms with van der Waals surface area (Å²) >= 11 is 0. The monoisotopic (exact) mass is 425 g/mol. The molecule has 1 atom stereocenters. The lowest BCUT2D eigenvalue weighted by Crippen LogP contribution is -2.44. The van der Waals surface area contributed by atoms with Crippen LogP contribution in [0.3, 0.4) is 0 Å². The van der Waals surface area contributed by atoms with Gasteiger partial charge in [0, 0.05) is 19.7 Å². The predicted molar refractivity (Wildman–Crippen MR) is 115 cm³/mol. The van der Waals surface area contributed by atoms with Gasteiger partial charge in [0.25, 0.3) is 5.91 Å². The fraction of sp³-hybridized carbons (Fsp3) is 0.409. The Morgan fingerprint density at radius 1 is 1.23 bits per heavy atom. The molecule has 9 heteroatoms. The largest absolute Gasteiger partial charge is 0.495 e. The number of hydrogen-bond donors (Lipinski definition) is 2. The Balaban J connectivity index is 1.77. The van der Waals surface area contributed by atoms with Crippen LogP contribution >= 0.6 is 0 Å². The molecule has 9 nitrogen and oxygen atoms in total. The molecule has 31 heavy (non-hydrogen) atoms. The molecule has 164 valence electrons. The van der Waals surface area contributed by atoms with E-state index in [-0.39, 0.29) is 30.3 Å². The van der Waals surface area contributed by atoms with Crippen LogP contribution in [-0.2, 0) is 9.59 Å². The molecule has 0 saturated carbocycles. The van der Waals surface area contributed by atoms with Gasteiger partial charge in [-0.15, -0.1) is 0 Å². The van der Waals surface area contributed by atoms with Gasteiger partial charge < -0.3 is 20.3 Å². The van der Waals surface area contributed by atoms with E-state index in [9.17, 15) is 14.4 Å². The number of nitrogens with zero attached hydrogens (tertiary/aromatic N) is 3. The third-order valence-electron chi connectivity index (χ3n) is 5.21. The number of para-hydroxylation sites is 2. The van der Waals surface area contributed by atoms with Crippen LogP contribution in [0.1, 0.15) is 54.1 Å². The van der Waals surface area contributed by atoms with Crippen LogP contribution in [0.15, 0.2) is 30.5 Å². The lowest BCUT2D eigenvalue weighted by molar-refractivity contribution is -0.136. The predicted octanol–water partition coefficient (Wildman–Crippen LogP) is 2.24. The van der Waals surface area contributed by atoms with Crippen molar-refractivity contribution in [3.8, 4) is 5.75 Å². The van der Waals surface area contributed by atoms with Crippen LogP contribution in [0.2, 0.25) is 0 Å². The van der Waals surface area contributed by atoms with Crippen molar-refractivity contribution in [1.29, 1.82) is 0 Å². The third kappa shape index (κ3) is 5.36. The van der Waals surface area contributed by atoms with Gasteiger partial charge >= 0.3 is 0 Å². The first-order valence-corrected chi connectivity index (χ1v) is 10.2. The fourth-order valence-corrected chi connectivity index (χ4v) is 3.61. The number of ether oxygens (including phenoxy) is 1. The summed E-state index contributed by atoms with van der Waals surface area (Å²) < 4.78 is 5.27. The summed E-state index contributed by atoms with van der Waals surface area (Å²) in [6.07, 6.45) is 4.07. The Morgan fingerprint density at radius 3 is 2.71 bits per heavy atom. The molecule has 1 aromatic carbocycles. The second-order valence-electron chi connectivity index (χ2n) is 7.39. The molecule has 1 saturated heterocycles. The van der Waals surface area contributed by atoms with E-state index in [1.807, 2.05) is 6.07 Å². The maximum Gasteiger partial charge on any atom is 0.259 e. The number of piperidine rings is 1. The van der Waals surface area contributed by atoms with Crippen LogP contribution in [0.5, 0.6) is 5.75 Å². The van der Waals surface area contributed by atoms with Gasteiger partial charge in [0.05, 0.1) is 36.6 Å². The molecule has 1 aliphatic rings. The normalized spacial score (nSPS) is 15.8. The Labute approximate surface area is 181 Å². The SMILES string of the molecule is COc1ccccc1NC(=O)c1cnc([C@H]2CCCCN2C(=O)CNC(C)=O)nc1C. The van der Waals surface area contributed by atoms with Crippen LogP contribution in [0.4, 0.5) is 5.69 Å². The zero-order chi connectivity index (χ0) is 22.4. The molecule has 0 radical (unpaired) electrons. The summed E-state index contributed by atoms with van der Waals surface area (Å²) in [6, 6.07) is 6.86. The van der Waals surface area contributed by atoms with Crippen molar-refractivity contribution in [1.82, 2.24) is 20.2 Å². The highest BCUT2D eigenvalue weighted by molar-refractivity contribution is 6.05. The van der Waals surface area contributed by atoms with Crippen LogP contribution in [0.25, 0.3) is 0 Å². The minimum atomic E-state index is -0.337. The second kappa shape index (κ2) is 10.0. The molecule has 2 N–H and O–H groups in total. The maximum atomic E-state index is 12.8.